The topological polar surface area (TPSA) is 62.8 Å². The average Bonchev–Trinajstić information content (AvgIpc) is 2.99. The summed E-state index contributed by atoms with van der Waals surface area (Å²) in [5, 5.41) is 19.5. The number of hydrogen-bond acceptors (Lipinski definition) is 4. The second kappa shape index (κ2) is 7.20. The third kappa shape index (κ3) is 3.66. The van der Waals surface area contributed by atoms with E-state index >= 15 is 0 Å². The summed E-state index contributed by atoms with van der Waals surface area (Å²) in [5.74, 6) is 1.08. The van der Waals surface area contributed by atoms with E-state index in [1.165, 1.54) is 5.56 Å². The van der Waals surface area contributed by atoms with E-state index in [1.807, 2.05) is 30.3 Å². The normalized spacial score (nSPS) is 11.0. The summed E-state index contributed by atoms with van der Waals surface area (Å²) in [4.78, 5) is 0. The molecule has 0 fully saturated rings. The Bertz CT molecular complexity index is 759. The van der Waals surface area contributed by atoms with Crippen LogP contribution in [-0.2, 0) is 12.8 Å². The van der Waals surface area contributed by atoms with E-state index in [0.717, 1.165) is 29.5 Å². The zero-order valence-corrected chi connectivity index (χ0v) is 12.9. The number of aryl methyl sites for hydroxylation is 2. The first-order valence-electron chi connectivity index (χ1n) is 7.78. The Morgan fingerprint density at radius 3 is 2.61 bits per heavy atom. The van der Waals surface area contributed by atoms with Crippen LogP contribution in [0.15, 0.2) is 53.1 Å². The molecule has 3 aromatic rings. The van der Waals surface area contributed by atoms with Gasteiger partial charge in [0.25, 0.3) is 0 Å². The van der Waals surface area contributed by atoms with Crippen LogP contribution in [0, 0.1) is 0 Å². The number of aromatic hydroxyl groups is 1. The first-order chi connectivity index (χ1) is 11.3. The van der Waals surface area contributed by atoms with Crippen molar-refractivity contribution in [3.63, 3.8) is 0 Å². The maximum Gasteiger partial charge on any atom is 0.137 e. The summed E-state index contributed by atoms with van der Waals surface area (Å²) in [6.07, 6.45) is 4.02. The summed E-state index contributed by atoms with van der Waals surface area (Å²) in [5.41, 5.74) is 2.93. The fourth-order valence-electron chi connectivity index (χ4n) is 2.60. The molecule has 0 radical (unpaired) electrons. The van der Waals surface area contributed by atoms with Gasteiger partial charge >= 0.3 is 0 Å². The molecule has 0 amide bonds. The van der Waals surface area contributed by atoms with Gasteiger partial charge < -0.3 is 19.4 Å². The quantitative estimate of drug-likeness (QED) is 0.653. The molecule has 0 unspecified atom stereocenters. The molecule has 0 aliphatic heterocycles. The highest BCUT2D eigenvalue weighted by molar-refractivity contribution is 5.87. The maximum atomic E-state index is 9.98. The Balaban J connectivity index is 1.63. The summed E-state index contributed by atoms with van der Waals surface area (Å²) in [7, 11) is 0. The molecule has 0 bridgehead atoms. The van der Waals surface area contributed by atoms with E-state index in [-0.39, 0.29) is 12.4 Å². The minimum absolute atomic E-state index is 0.142. The van der Waals surface area contributed by atoms with Crippen molar-refractivity contribution in [2.24, 2.45) is 0 Å². The summed E-state index contributed by atoms with van der Waals surface area (Å²) < 4.78 is 11.0. The molecule has 0 saturated carbocycles. The maximum absolute atomic E-state index is 9.98. The van der Waals surface area contributed by atoms with Crippen LogP contribution in [0.25, 0.3) is 11.0 Å². The van der Waals surface area contributed by atoms with E-state index in [4.69, 9.17) is 14.3 Å². The number of ether oxygens (including phenoxy) is 1. The molecule has 0 aliphatic carbocycles. The molecule has 3 rings (SSSR count). The summed E-state index contributed by atoms with van der Waals surface area (Å²) in [6.45, 7) is 0.666. The monoisotopic (exact) mass is 312 g/mol. The smallest absolute Gasteiger partial charge is 0.137 e. The van der Waals surface area contributed by atoms with Gasteiger partial charge in [-0.05, 0) is 42.7 Å². The van der Waals surface area contributed by atoms with Gasteiger partial charge in [0, 0.05) is 18.6 Å². The van der Waals surface area contributed by atoms with Gasteiger partial charge in [-0.3, -0.25) is 0 Å². The number of hydrogen-bond donors (Lipinski definition) is 2. The van der Waals surface area contributed by atoms with Crippen LogP contribution in [-0.4, -0.2) is 23.4 Å². The van der Waals surface area contributed by atoms with Crippen LogP contribution in [0.1, 0.15) is 17.5 Å². The van der Waals surface area contributed by atoms with Gasteiger partial charge in [-0.2, -0.15) is 0 Å². The zero-order valence-electron chi connectivity index (χ0n) is 12.9. The molecule has 4 heteroatoms. The number of furan rings is 1. The molecular weight excluding hydrogens is 292 g/mol. The SMILES string of the molecule is OCCCOc1ccc(CCc2coc3cccc(O)c23)cc1. The van der Waals surface area contributed by atoms with Gasteiger partial charge in [0.15, 0.2) is 0 Å². The molecule has 0 aliphatic rings. The lowest BCUT2D eigenvalue weighted by Crippen LogP contribution is -1.99. The molecule has 0 atom stereocenters. The molecule has 120 valence electrons. The van der Waals surface area contributed by atoms with Crippen molar-refractivity contribution in [3.05, 3.63) is 59.9 Å². The number of fused-ring (bicyclic) bond motifs is 1. The molecule has 4 nitrogen and oxygen atoms in total. The zero-order chi connectivity index (χ0) is 16.1. The lowest BCUT2D eigenvalue weighted by atomic mass is 10.0. The van der Waals surface area contributed by atoms with Crippen LogP contribution in [0.5, 0.6) is 11.5 Å². The molecule has 0 saturated heterocycles. The predicted molar refractivity (Wildman–Crippen MR) is 88.9 cm³/mol. The fraction of sp³-hybridized carbons (Fsp3) is 0.263. The molecule has 1 aromatic heterocycles. The van der Waals surface area contributed by atoms with Gasteiger partial charge in [-0.1, -0.05) is 18.2 Å². The number of aliphatic hydroxyl groups is 1. The van der Waals surface area contributed by atoms with E-state index in [1.54, 1.807) is 18.4 Å². The van der Waals surface area contributed by atoms with Gasteiger partial charge in [0.05, 0.1) is 18.3 Å². The second-order valence-electron chi connectivity index (χ2n) is 5.48. The number of benzene rings is 2. The van der Waals surface area contributed by atoms with Crippen molar-refractivity contribution >= 4 is 11.0 Å². The fourth-order valence-corrected chi connectivity index (χ4v) is 2.60. The Labute approximate surface area is 134 Å². The summed E-state index contributed by atoms with van der Waals surface area (Å²) in [6, 6.07) is 13.3. The minimum Gasteiger partial charge on any atom is -0.507 e. The Morgan fingerprint density at radius 2 is 1.83 bits per heavy atom. The van der Waals surface area contributed by atoms with Crippen molar-refractivity contribution in [1.82, 2.24) is 0 Å². The lowest BCUT2D eigenvalue weighted by Gasteiger charge is -2.06. The standard InChI is InChI=1S/C19H20O4/c20-11-2-12-22-16-9-6-14(7-10-16)5-8-15-13-23-18-4-1-3-17(21)19(15)18/h1,3-4,6-7,9-10,13,20-21H,2,5,8,11-12H2. The van der Waals surface area contributed by atoms with Crippen LogP contribution < -0.4 is 4.74 Å². The number of aliphatic hydroxyl groups excluding tert-OH is 1. The van der Waals surface area contributed by atoms with Crippen LogP contribution in [0.3, 0.4) is 0 Å². The van der Waals surface area contributed by atoms with Crippen molar-refractivity contribution in [3.8, 4) is 11.5 Å². The van der Waals surface area contributed by atoms with Gasteiger partial charge in [-0.25, -0.2) is 0 Å². The van der Waals surface area contributed by atoms with Crippen molar-refractivity contribution < 1.29 is 19.4 Å². The third-order valence-corrected chi connectivity index (χ3v) is 3.83. The van der Waals surface area contributed by atoms with Crippen LogP contribution in [0.2, 0.25) is 0 Å². The van der Waals surface area contributed by atoms with Gasteiger partial charge in [0.1, 0.15) is 17.1 Å². The highest BCUT2D eigenvalue weighted by atomic mass is 16.5. The largest absolute Gasteiger partial charge is 0.507 e. The molecule has 2 N–H and O–H groups in total. The minimum atomic E-state index is 0.142. The predicted octanol–water partition coefficient (Wildman–Crippen LogP) is 3.68. The Kier molecular flexibility index (Phi) is 4.83. The highest BCUT2D eigenvalue weighted by Crippen LogP contribution is 2.30. The molecule has 0 spiro atoms. The van der Waals surface area contributed by atoms with Gasteiger partial charge in [-0.15, -0.1) is 0 Å². The number of phenolic OH excluding ortho intramolecular Hbond substituents is 1. The molecule has 23 heavy (non-hydrogen) atoms. The molecule has 1 heterocycles. The van der Waals surface area contributed by atoms with E-state index < -0.39 is 0 Å². The van der Waals surface area contributed by atoms with Crippen LogP contribution >= 0.6 is 0 Å². The lowest BCUT2D eigenvalue weighted by molar-refractivity contribution is 0.233. The van der Waals surface area contributed by atoms with Crippen molar-refractivity contribution in [2.45, 2.75) is 19.3 Å². The van der Waals surface area contributed by atoms with Gasteiger partial charge in [0.2, 0.25) is 0 Å². The number of phenols is 1. The van der Waals surface area contributed by atoms with Crippen molar-refractivity contribution in [1.29, 1.82) is 0 Å². The van der Waals surface area contributed by atoms with E-state index in [0.29, 0.717) is 18.6 Å². The first kappa shape index (κ1) is 15.4. The van der Waals surface area contributed by atoms with E-state index in [2.05, 4.69) is 0 Å². The average molecular weight is 312 g/mol. The van der Waals surface area contributed by atoms with Crippen molar-refractivity contribution in [2.75, 3.05) is 13.2 Å². The molecular formula is C19H20O4. The Morgan fingerprint density at radius 1 is 1.00 bits per heavy atom. The highest BCUT2D eigenvalue weighted by Gasteiger charge is 2.09. The van der Waals surface area contributed by atoms with E-state index in [9.17, 15) is 5.11 Å². The second-order valence-corrected chi connectivity index (χ2v) is 5.48. The first-order valence-corrected chi connectivity index (χ1v) is 7.78. The number of rotatable bonds is 7. The summed E-state index contributed by atoms with van der Waals surface area (Å²) >= 11 is 0. The Hall–Kier alpha value is -2.46. The third-order valence-electron chi connectivity index (χ3n) is 3.83. The molecule has 2 aromatic carbocycles. The van der Waals surface area contributed by atoms with Crippen LogP contribution in [0.4, 0.5) is 0 Å².